The van der Waals surface area contributed by atoms with Gasteiger partial charge in [0.1, 0.15) is 0 Å². The van der Waals surface area contributed by atoms with Crippen LogP contribution < -0.4 is 0 Å². The van der Waals surface area contributed by atoms with Crippen LogP contribution in [0.1, 0.15) is 16.7 Å². The van der Waals surface area contributed by atoms with Gasteiger partial charge in [0, 0.05) is 6.54 Å². The van der Waals surface area contributed by atoms with E-state index in [1.54, 1.807) is 6.08 Å². The predicted octanol–water partition coefficient (Wildman–Crippen LogP) is 2.26. The van der Waals surface area contributed by atoms with Crippen LogP contribution in [0.3, 0.4) is 0 Å². The van der Waals surface area contributed by atoms with Crippen molar-refractivity contribution >= 4 is 6.08 Å². The fraction of sp³-hybridized carbons (Fsp3) is 0.250. The van der Waals surface area contributed by atoms with Gasteiger partial charge in [-0.15, -0.1) is 0 Å². The molecule has 0 amide bonds. The quantitative estimate of drug-likeness (QED) is 0.724. The molecular formula is C12H14N2. The molecule has 0 aliphatic rings. The second-order valence-electron chi connectivity index (χ2n) is 3.43. The zero-order valence-electron chi connectivity index (χ0n) is 8.62. The summed E-state index contributed by atoms with van der Waals surface area (Å²) in [5, 5.41) is 8.95. The van der Waals surface area contributed by atoms with Crippen LogP contribution in [0.15, 0.2) is 24.8 Å². The summed E-state index contributed by atoms with van der Waals surface area (Å²) in [6.45, 7) is 4.52. The minimum absolute atomic E-state index is 0.733. The van der Waals surface area contributed by atoms with Gasteiger partial charge in [-0.2, -0.15) is 5.26 Å². The van der Waals surface area contributed by atoms with Crippen LogP contribution in [-0.2, 0) is 6.54 Å². The highest BCUT2D eigenvalue weighted by Gasteiger charge is 2.06. The van der Waals surface area contributed by atoms with Gasteiger partial charge in [-0.05, 0) is 31.3 Å². The van der Waals surface area contributed by atoms with Gasteiger partial charge in [-0.3, -0.25) is 0 Å². The van der Waals surface area contributed by atoms with Crippen molar-refractivity contribution < 1.29 is 0 Å². The molecule has 0 spiro atoms. The molecule has 2 nitrogen and oxygen atoms in total. The average molecular weight is 186 g/mol. The molecule has 0 N–H and O–H groups in total. The van der Waals surface area contributed by atoms with Crippen molar-refractivity contribution in [3.8, 4) is 6.07 Å². The molecule has 0 aliphatic heterocycles. The number of benzene rings is 1. The maximum absolute atomic E-state index is 8.95. The number of rotatable bonds is 3. The van der Waals surface area contributed by atoms with E-state index in [0.717, 1.165) is 23.2 Å². The minimum atomic E-state index is 0.733. The van der Waals surface area contributed by atoms with E-state index in [1.807, 2.05) is 37.2 Å². The molecule has 0 atom stereocenters. The Labute approximate surface area is 85.1 Å². The predicted molar refractivity (Wildman–Crippen MR) is 58.6 cm³/mol. The van der Waals surface area contributed by atoms with E-state index in [0.29, 0.717) is 0 Å². The summed E-state index contributed by atoms with van der Waals surface area (Å²) in [5.41, 5.74) is 2.82. The Balaban J connectivity index is 3.20. The second kappa shape index (κ2) is 4.59. The second-order valence-corrected chi connectivity index (χ2v) is 3.43. The molecule has 1 rings (SSSR count). The molecule has 0 bridgehead atoms. The van der Waals surface area contributed by atoms with Gasteiger partial charge in [0.2, 0.25) is 0 Å². The van der Waals surface area contributed by atoms with Gasteiger partial charge in [-0.1, -0.05) is 24.8 Å². The van der Waals surface area contributed by atoms with E-state index in [9.17, 15) is 0 Å². The summed E-state index contributed by atoms with van der Waals surface area (Å²) < 4.78 is 0. The molecule has 0 unspecified atom stereocenters. The summed E-state index contributed by atoms with van der Waals surface area (Å²) in [6, 6.07) is 7.90. The van der Waals surface area contributed by atoms with E-state index < -0.39 is 0 Å². The van der Waals surface area contributed by atoms with Crippen LogP contribution in [0.4, 0.5) is 0 Å². The van der Waals surface area contributed by atoms with Crippen molar-refractivity contribution in [3.05, 3.63) is 41.5 Å². The van der Waals surface area contributed by atoms with Crippen molar-refractivity contribution in [2.45, 2.75) is 6.54 Å². The average Bonchev–Trinajstić information content (AvgIpc) is 2.17. The maximum Gasteiger partial charge on any atom is 0.0995 e. The van der Waals surface area contributed by atoms with E-state index >= 15 is 0 Å². The Morgan fingerprint density at radius 2 is 2.21 bits per heavy atom. The van der Waals surface area contributed by atoms with Crippen LogP contribution in [0.2, 0.25) is 0 Å². The fourth-order valence-corrected chi connectivity index (χ4v) is 1.39. The topological polar surface area (TPSA) is 27.0 Å². The lowest BCUT2D eigenvalue weighted by Gasteiger charge is -2.13. The lowest BCUT2D eigenvalue weighted by molar-refractivity contribution is 0.402. The van der Waals surface area contributed by atoms with Crippen LogP contribution in [0.5, 0.6) is 0 Å². The molecule has 0 heterocycles. The zero-order chi connectivity index (χ0) is 10.6. The highest BCUT2D eigenvalue weighted by molar-refractivity contribution is 5.57. The molecule has 0 aromatic heterocycles. The van der Waals surface area contributed by atoms with E-state index in [1.165, 1.54) is 0 Å². The number of nitriles is 1. The van der Waals surface area contributed by atoms with Gasteiger partial charge in [0.05, 0.1) is 11.6 Å². The summed E-state index contributed by atoms with van der Waals surface area (Å²) in [5.74, 6) is 0. The lowest BCUT2D eigenvalue weighted by atomic mass is 10.0. The standard InChI is InChI=1S/C12H14N2/c1-4-10-6-5-7-11(8-13)12(10)9-14(2)3/h4-7H,1,9H2,2-3H3. The van der Waals surface area contributed by atoms with Crippen LogP contribution in [0, 0.1) is 11.3 Å². The van der Waals surface area contributed by atoms with E-state index in [2.05, 4.69) is 12.6 Å². The Kier molecular flexibility index (Phi) is 3.44. The molecule has 14 heavy (non-hydrogen) atoms. The third-order valence-corrected chi connectivity index (χ3v) is 2.03. The van der Waals surface area contributed by atoms with Crippen LogP contribution >= 0.6 is 0 Å². The molecule has 1 aromatic rings. The Morgan fingerprint density at radius 1 is 1.50 bits per heavy atom. The maximum atomic E-state index is 8.95. The Hall–Kier alpha value is -1.59. The molecule has 0 radical (unpaired) electrons. The smallest absolute Gasteiger partial charge is 0.0995 e. The molecule has 0 saturated heterocycles. The van der Waals surface area contributed by atoms with Crippen molar-refractivity contribution in [2.24, 2.45) is 0 Å². The molecule has 0 fully saturated rings. The van der Waals surface area contributed by atoms with Gasteiger partial charge >= 0.3 is 0 Å². The highest BCUT2D eigenvalue weighted by atomic mass is 15.0. The first-order chi connectivity index (χ1) is 6.69. The third-order valence-electron chi connectivity index (χ3n) is 2.03. The van der Waals surface area contributed by atoms with Crippen molar-refractivity contribution in [1.82, 2.24) is 4.90 Å². The van der Waals surface area contributed by atoms with E-state index in [4.69, 9.17) is 5.26 Å². The van der Waals surface area contributed by atoms with Crippen molar-refractivity contribution in [1.29, 1.82) is 5.26 Å². The largest absolute Gasteiger partial charge is 0.305 e. The normalized spacial score (nSPS) is 9.86. The van der Waals surface area contributed by atoms with Crippen molar-refractivity contribution in [3.63, 3.8) is 0 Å². The number of hydrogen-bond donors (Lipinski definition) is 0. The lowest BCUT2D eigenvalue weighted by Crippen LogP contribution is -2.12. The third kappa shape index (κ3) is 2.21. The van der Waals surface area contributed by atoms with Crippen LogP contribution in [-0.4, -0.2) is 19.0 Å². The molecule has 72 valence electrons. The number of hydrogen-bond acceptors (Lipinski definition) is 2. The first-order valence-electron chi connectivity index (χ1n) is 4.48. The van der Waals surface area contributed by atoms with Gasteiger partial charge in [0.25, 0.3) is 0 Å². The van der Waals surface area contributed by atoms with E-state index in [-0.39, 0.29) is 0 Å². The van der Waals surface area contributed by atoms with Crippen LogP contribution in [0.25, 0.3) is 6.08 Å². The summed E-state index contributed by atoms with van der Waals surface area (Å²) in [6.07, 6.45) is 1.79. The monoisotopic (exact) mass is 186 g/mol. The summed E-state index contributed by atoms with van der Waals surface area (Å²) in [4.78, 5) is 2.04. The summed E-state index contributed by atoms with van der Waals surface area (Å²) in [7, 11) is 3.97. The van der Waals surface area contributed by atoms with Gasteiger partial charge < -0.3 is 4.90 Å². The SMILES string of the molecule is C=Cc1cccc(C#N)c1CN(C)C. The fourth-order valence-electron chi connectivity index (χ4n) is 1.39. The minimum Gasteiger partial charge on any atom is -0.305 e. The van der Waals surface area contributed by atoms with Gasteiger partial charge in [0.15, 0.2) is 0 Å². The first-order valence-corrected chi connectivity index (χ1v) is 4.48. The Bertz CT molecular complexity index is 372. The summed E-state index contributed by atoms with van der Waals surface area (Å²) >= 11 is 0. The Morgan fingerprint density at radius 3 is 2.71 bits per heavy atom. The zero-order valence-corrected chi connectivity index (χ0v) is 8.62. The van der Waals surface area contributed by atoms with Gasteiger partial charge in [-0.25, -0.2) is 0 Å². The molecule has 0 saturated carbocycles. The molecular weight excluding hydrogens is 172 g/mol. The molecule has 1 aromatic carbocycles. The first kappa shape index (κ1) is 10.5. The highest BCUT2D eigenvalue weighted by Crippen LogP contribution is 2.16. The number of nitrogens with zero attached hydrogens (tertiary/aromatic N) is 2. The van der Waals surface area contributed by atoms with Crippen molar-refractivity contribution in [2.75, 3.05) is 14.1 Å². The molecule has 2 heteroatoms. The molecule has 0 aliphatic carbocycles.